The molecule has 0 saturated heterocycles. The van der Waals surface area contributed by atoms with Crippen LogP contribution in [-0.4, -0.2) is 25.6 Å². The van der Waals surface area contributed by atoms with Crippen molar-refractivity contribution in [2.75, 3.05) is 19.0 Å². The number of hydrogen-bond acceptors (Lipinski definition) is 5. The number of benzene rings is 2. The number of ether oxygens (including phenoxy) is 2. The predicted molar refractivity (Wildman–Crippen MR) is 116 cm³/mol. The topological polar surface area (TPSA) is 64.6 Å². The van der Waals surface area contributed by atoms with Crippen LogP contribution in [0.15, 0.2) is 53.9 Å². The molecule has 1 aromatic heterocycles. The summed E-state index contributed by atoms with van der Waals surface area (Å²) < 4.78 is 10.6. The van der Waals surface area contributed by atoms with Crippen molar-refractivity contribution in [3.63, 3.8) is 0 Å². The van der Waals surface area contributed by atoms with Crippen molar-refractivity contribution in [1.82, 2.24) is 0 Å². The Bertz CT molecular complexity index is 1010. The van der Waals surface area contributed by atoms with E-state index in [1.807, 2.05) is 54.8 Å². The van der Waals surface area contributed by atoms with Crippen LogP contribution in [0.3, 0.4) is 0 Å². The van der Waals surface area contributed by atoms with Gasteiger partial charge in [-0.05, 0) is 42.7 Å². The minimum atomic E-state index is -0.493. The molecular formula is C23H23NO4S. The van der Waals surface area contributed by atoms with Crippen LogP contribution in [0.2, 0.25) is 0 Å². The third kappa shape index (κ3) is 4.66. The molecule has 29 heavy (non-hydrogen) atoms. The highest BCUT2D eigenvalue weighted by atomic mass is 32.1. The summed E-state index contributed by atoms with van der Waals surface area (Å²) in [5.41, 5.74) is 3.34. The molecule has 0 aliphatic heterocycles. The van der Waals surface area contributed by atoms with Gasteiger partial charge in [-0.3, -0.25) is 4.79 Å². The molecule has 150 valence electrons. The van der Waals surface area contributed by atoms with Crippen LogP contribution in [0, 0.1) is 6.92 Å². The smallest absolute Gasteiger partial charge is 0.341 e. The van der Waals surface area contributed by atoms with Crippen LogP contribution in [-0.2, 0) is 4.74 Å². The molecule has 0 radical (unpaired) electrons. The average Bonchev–Trinajstić information content (AvgIpc) is 3.15. The summed E-state index contributed by atoms with van der Waals surface area (Å²) in [5, 5.41) is 5.18. The van der Waals surface area contributed by atoms with Crippen molar-refractivity contribution in [1.29, 1.82) is 0 Å². The fourth-order valence-corrected chi connectivity index (χ4v) is 3.87. The van der Waals surface area contributed by atoms with E-state index >= 15 is 0 Å². The number of amides is 1. The molecule has 0 saturated carbocycles. The molecule has 0 aliphatic rings. The first-order valence-electron chi connectivity index (χ1n) is 9.35. The summed E-state index contributed by atoms with van der Waals surface area (Å²) in [6.07, 6.45) is 0.933. The Labute approximate surface area is 174 Å². The molecule has 1 heterocycles. The van der Waals surface area contributed by atoms with Gasteiger partial charge in [0.2, 0.25) is 0 Å². The fourth-order valence-electron chi connectivity index (χ4n) is 2.92. The molecule has 2 aromatic carbocycles. The maximum atomic E-state index is 12.7. The number of carbonyl (C=O) groups is 2. The van der Waals surface area contributed by atoms with Gasteiger partial charge < -0.3 is 14.8 Å². The summed E-state index contributed by atoms with van der Waals surface area (Å²) >= 11 is 1.30. The van der Waals surface area contributed by atoms with E-state index in [0.717, 1.165) is 23.3 Å². The average molecular weight is 410 g/mol. The zero-order chi connectivity index (χ0) is 20.8. The first kappa shape index (κ1) is 20.6. The monoisotopic (exact) mass is 409 g/mol. The van der Waals surface area contributed by atoms with Crippen LogP contribution < -0.4 is 10.1 Å². The summed E-state index contributed by atoms with van der Waals surface area (Å²) in [7, 11) is 1.33. The number of aryl methyl sites for hydroxylation is 1. The number of methoxy groups -OCH3 is 1. The number of nitrogens with one attached hydrogen (secondary N) is 1. The molecule has 6 heteroatoms. The molecule has 3 aromatic rings. The number of thiophene rings is 1. The van der Waals surface area contributed by atoms with E-state index in [9.17, 15) is 9.59 Å². The molecule has 0 unspecified atom stereocenters. The van der Waals surface area contributed by atoms with Crippen molar-refractivity contribution in [2.24, 2.45) is 0 Å². The first-order chi connectivity index (χ1) is 14.0. The van der Waals surface area contributed by atoms with E-state index in [2.05, 4.69) is 12.2 Å². The molecule has 0 atom stereocenters. The lowest BCUT2D eigenvalue weighted by molar-refractivity contribution is 0.0603. The molecule has 5 nitrogen and oxygen atoms in total. The lowest BCUT2D eigenvalue weighted by Crippen LogP contribution is -2.15. The standard InChI is InChI=1S/C23H23NO4S/c1-4-13-28-17-11-9-16(10-12-17)19-14-29-22(20(19)23(26)27-3)24-21(25)18-8-6-5-7-15(18)2/h5-12,14H,4,13H2,1-3H3,(H,24,25). The van der Waals surface area contributed by atoms with Crippen molar-refractivity contribution < 1.29 is 19.1 Å². The second-order valence-electron chi connectivity index (χ2n) is 6.49. The zero-order valence-corrected chi connectivity index (χ0v) is 17.5. The van der Waals surface area contributed by atoms with Crippen LogP contribution in [0.25, 0.3) is 11.1 Å². The molecule has 0 fully saturated rings. The zero-order valence-electron chi connectivity index (χ0n) is 16.7. The van der Waals surface area contributed by atoms with Crippen LogP contribution in [0.1, 0.15) is 39.6 Å². The van der Waals surface area contributed by atoms with E-state index in [-0.39, 0.29) is 5.91 Å². The van der Waals surface area contributed by atoms with Gasteiger partial charge in [-0.1, -0.05) is 37.3 Å². The van der Waals surface area contributed by atoms with Crippen molar-refractivity contribution in [3.05, 3.63) is 70.6 Å². The minimum Gasteiger partial charge on any atom is -0.494 e. The molecule has 0 aliphatic carbocycles. The van der Waals surface area contributed by atoms with Gasteiger partial charge >= 0.3 is 5.97 Å². The summed E-state index contributed by atoms with van der Waals surface area (Å²) in [5.74, 6) is 0.0242. The van der Waals surface area contributed by atoms with Crippen molar-refractivity contribution >= 4 is 28.2 Å². The molecular weight excluding hydrogens is 386 g/mol. The van der Waals surface area contributed by atoms with Gasteiger partial charge in [0.1, 0.15) is 16.3 Å². The number of hydrogen-bond donors (Lipinski definition) is 1. The second-order valence-corrected chi connectivity index (χ2v) is 7.37. The van der Waals surface area contributed by atoms with Crippen LogP contribution >= 0.6 is 11.3 Å². The Morgan fingerprint density at radius 3 is 2.45 bits per heavy atom. The van der Waals surface area contributed by atoms with E-state index in [1.54, 1.807) is 6.07 Å². The van der Waals surface area contributed by atoms with Gasteiger partial charge in [-0.25, -0.2) is 4.79 Å². The van der Waals surface area contributed by atoms with E-state index < -0.39 is 5.97 Å². The predicted octanol–water partition coefficient (Wildman–Crippen LogP) is 5.55. The van der Waals surface area contributed by atoms with E-state index in [0.29, 0.717) is 28.3 Å². The normalized spacial score (nSPS) is 10.4. The molecule has 3 rings (SSSR count). The minimum absolute atomic E-state index is 0.259. The lowest BCUT2D eigenvalue weighted by Gasteiger charge is -2.10. The highest BCUT2D eigenvalue weighted by molar-refractivity contribution is 7.15. The van der Waals surface area contributed by atoms with E-state index in [1.165, 1.54) is 18.4 Å². The quantitative estimate of drug-likeness (QED) is 0.520. The van der Waals surface area contributed by atoms with Crippen LogP contribution in [0.4, 0.5) is 5.00 Å². The lowest BCUT2D eigenvalue weighted by atomic mass is 10.0. The second kappa shape index (κ2) is 9.39. The number of anilines is 1. The third-order valence-electron chi connectivity index (χ3n) is 4.44. The van der Waals surface area contributed by atoms with Crippen molar-refractivity contribution in [3.8, 4) is 16.9 Å². The third-order valence-corrected chi connectivity index (χ3v) is 5.33. The molecule has 0 bridgehead atoms. The number of carbonyl (C=O) groups excluding carboxylic acids is 2. The summed E-state index contributed by atoms with van der Waals surface area (Å²) in [6, 6.07) is 14.8. The maximum Gasteiger partial charge on any atom is 0.341 e. The summed E-state index contributed by atoms with van der Waals surface area (Å²) in [4.78, 5) is 25.2. The number of rotatable bonds is 7. The SMILES string of the molecule is CCCOc1ccc(-c2csc(NC(=O)c3ccccc3C)c2C(=O)OC)cc1. The van der Waals surface area contributed by atoms with Gasteiger partial charge in [-0.15, -0.1) is 11.3 Å². The first-order valence-corrected chi connectivity index (χ1v) is 10.2. The largest absolute Gasteiger partial charge is 0.494 e. The number of esters is 1. The van der Waals surface area contributed by atoms with Gasteiger partial charge in [0.05, 0.1) is 13.7 Å². The fraction of sp³-hybridized carbons (Fsp3) is 0.217. The molecule has 1 amide bonds. The molecule has 0 spiro atoms. The maximum absolute atomic E-state index is 12.7. The van der Waals surface area contributed by atoms with E-state index in [4.69, 9.17) is 9.47 Å². The van der Waals surface area contributed by atoms with Crippen LogP contribution in [0.5, 0.6) is 5.75 Å². The highest BCUT2D eigenvalue weighted by Gasteiger charge is 2.23. The van der Waals surface area contributed by atoms with Gasteiger partial charge in [-0.2, -0.15) is 0 Å². The summed E-state index contributed by atoms with van der Waals surface area (Å²) in [6.45, 7) is 4.58. The Morgan fingerprint density at radius 2 is 1.79 bits per heavy atom. The van der Waals surface area contributed by atoms with Gasteiger partial charge in [0.25, 0.3) is 5.91 Å². The van der Waals surface area contributed by atoms with Gasteiger partial charge in [0.15, 0.2) is 0 Å². The Morgan fingerprint density at radius 1 is 1.07 bits per heavy atom. The highest BCUT2D eigenvalue weighted by Crippen LogP contribution is 2.37. The van der Waals surface area contributed by atoms with Crippen molar-refractivity contribution in [2.45, 2.75) is 20.3 Å². The Balaban J connectivity index is 1.92. The Hall–Kier alpha value is -3.12. The Kier molecular flexibility index (Phi) is 6.67. The van der Waals surface area contributed by atoms with Gasteiger partial charge in [0, 0.05) is 16.5 Å². The molecule has 1 N–H and O–H groups in total.